The number of halogens is 1. The summed E-state index contributed by atoms with van der Waals surface area (Å²) in [5.41, 5.74) is -6.60. The predicted molar refractivity (Wildman–Crippen MR) is 111 cm³/mol. The molecule has 1 rings (SSSR count). The number of terminal acetylenes is 1. The molecule has 17 nitrogen and oxygen atoms in total. The predicted octanol–water partition coefficient (Wildman–Crippen LogP) is -1.42. The first-order valence-corrected chi connectivity index (χ1v) is 13.5. The van der Waals surface area contributed by atoms with E-state index in [1.165, 1.54) is 0 Å². The minimum absolute atomic E-state index is 0.741. The van der Waals surface area contributed by atoms with Crippen LogP contribution in [0.5, 0.6) is 0 Å². The summed E-state index contributed by atoms with van der Waals surface area (Å²) in [4.78, 5) is 60.9. The molecule has 1 aromatic heterocycles. The molecular formula is C13H20ClN2O15P3. The monoisotopic (exact) mass is 572 g/mol. The van der Waals surface area contributed by atoms with Gasteiger partial charge < -0.3 is 34.5 Å². The Kier molecular flexibility index (Phi) is 10.2. The molecule has 34 heavy (non-hydrogen) atoms. The number of nitrogens with one attached hydrogen (secondary N) is 1. The lowest BCUT2D eigenvalue weighted by Crippen LogP contribution is -2.60. The first-order valence-electron chi connectivity index (χ1n) is 8.44. The summed E-state index contributed by atoms with van der Waals surface area (Å²) in [7, 11) is -17.2. The highest BCUT2D eigenvalue weighted by atomic mass is 35.5. The highest BCUT2D eigenvalue weighted by Crippen LogP contribution is 2.66. The van der Waals surface area contributed by atoms with Crippen molar-refractivity contribution in [2.24, 2.45) is 0 Å². The molecule has 21 heteroatoms. The summed E-state index contributed by atoms with van der Waals surface area (Å²) in [5.74, 6) is 0.939. The van der Waals surface area contributed by atoms with Gasteiger partial charge in [-0.1, -0.05) is 5.92 Å². The topological polar surface area (TPSA) is 264 Å². The number of alkyl halides is 1. The van der Waals surface area contributed by atoms with Crippen LogP contribution in [0.1, 0.15) is 6.92 Å². The van der Waals surface area contributed by atoms with Crippen molar-refractivity contribution >= 4 is 35.1 Å². The van der Waals surface area contributed by atoms with Crippen LogP contribution in [-0.4, -0.2) is 69.1 Å². The summed E-state index contributed by atoms with van der Waals surface area (Å²) >= 11 is 5.83. The molecule has 194 valence electrons. The fourth-order valence-electron chi connectivity index (χ4n) is 2.18. The van der Waals surface area contributed by atoms with Crippen LogP contribution in [0.3, 0.4) is 0 Å². The van der Waals surface area contributed by atoms with Gasteiger partial charge in [0.25, 0.3) is 5.56 Å². The molecule has 0 aliphatic heterocycles. The minimum Gasteiger partial charge on any atom is -0.386 e. The molecule has 0 amide bonds. The zero-order valence-electron chi connectivity index (χ0n) is 17.0. The number of aliphatic hydroxyl groups is 2. The standard InChI is InChI=1S/C13H20ClN2O15P3/c1-3-12(2,20)10(18)13(6-14,28-8-16-5-4-9(17)15-11(16)19)7-29-33(24,25)31-34(26,27)30-32(21,22)23/h1,4-5,10,18,20H,6-8H2,2H3,(H,24,25)(H,26,27)(H,15,17,19)(H2,21,22,23)/t10-,12+,13+/m0/s1. The minimum atomic E-state index is -5.86. The lowest BCUT2D eigenvalue weighted by Gasteiger charge is -2.40. The molecule has 0 saturated heterocycles. The fourth-order valence-corrected chi connectivity index (χ4v) is 5.56. The largest absolute Gasteiger partial charge is 0.490 e. The van der Waals surface area contributed by atoms with Gasteiger partial charge >= 0.3 is 29.2 Å². The van der Waals surface area contributed by atoms with Crippen LogP contribution in [-0.2, 0) is 38.3 Å². The fraction of sp³-hybridized carbons (Fsp3) is 0.538. The van der Waals surface area contributed by atoms with Crippen molar-refractivity contribution in [3.63, 3.8) is 0 Å². The first kappa shape index (κ1) is 30.9. The van der Waals surface area contributed by atoms with Crippen molar-refractivity contribution in [1.82, 2.24) is 9.55 Å². The van der Waals surface area contributed by atoms with E-state index in [2.05, 4.69) is 13.1 Å². The molecule has 1 heterocycles. The van der Waals surface area contributed by atoms with Crippen molar-refractivity contribution in [3.8, 4) is 12.3 Å². The smallest absolute Gasteiger partial charge is 0.386 e. The number of nitrogens with zero attached hydrogens (tertiary/aromatic N) is 1. The van der Waals surface area contributed by atoms with Crippen molar-refractivity contribution in [2.75, 3.05) is 12.5 Å². The second-order valence-electron chi connectivity index (χ2n) is 6.61. The van der Waals surface area contributed by atoms with Crippen molar-refractivity contribution in [3.05, 3.63) is 33.1 Å². The van der Waals surface area contributed by atoms with E-state index in [4.69, 9.17) is 32.5 Å². The number of ether oxygens (including phenoxy) is 1. The summed E-state index contributed by atoms with van der Waals surface area (Å²) in [6.45, 7) is -1.21. The van der Waals surface area contributed by atoms with E-state index in [9.17, 15) is 43.3 Å². The van der Waals surface area contributed by atoms with Crippen LogP contribution in [0.25, 0.3) is 0 Å². The van der Waals surface area contributed by atoms with E-state index >= 15 is 0 Å². The molecular weight excluding hydrogens is 553 g/mol. The van der Waals surface area contributed by atoms with Crippen molar-refractivity contribution in [1.29, 1.82) is 0 Å². The van der Waals surface area contributed by atoms with Gasteiger partial charge in [-0.3, -0.25) is 18.9 Å². The number of hydrogen-bond donors (Lipinski definition) is 7. The third-order valence-corrected chi connectivity index (χ3v) is 8.06. The number of rotatable bonds is 13. The molecule has 0 aliphatic carbocycles. The van der Waals surface area contributed by atoms with Gasteiger partial charge in [0.15, 0.2) is 5.60 Å². The average Bonchev–Trinajstić information content (AvgIpc) is 2.66. The number of H-pyrrole nitrogens is 1. The van der Waals surface area contributed by atoms with E-state index in [0.29, 0.717) is 0 Å². The van der Waals surface area contributed by atoms with E-state index in [-0.39, 0.29) is 0 Å². The van der Waals surface area contributed by atoms with E-state index < -0.39 is 71.2 Å². The SMILES string of the molecule is C#C[C@@](C)(O)[C@H](O)[C@@](CCl)(COP(=O)(O)OP(=O)(O)OP(=O)(O)O)OCn1ccc(=O)[nH]c1=O. The average molecular weight is 573 g/mol. The van der Waals surface area contributed by atoms with Gasteiger partial charge in [-0.2, -0.15) is 8.62 Å². The maximum absolute atomic E-state index is 12.1. The maximum atomic E-state index is 12.1. The Labute approximate surface area is 195 Å². The molecule has 7 N–H and O–H groups in total. The van der Waals surface area contributed by atoms with E-state index in [0.717, 1.165) is 23.8 Å². The van der Waals surface area contributed by atoms with Gasteiger partial charge in [0.2, 0.25) is 0 Å². The Morgan fingerprint density at radius 1 is 1.21 bits per heavy atom. The van der Waals surface area contributed by atoms with Crippen LogP contribution in [0, 0.1) is 12.3 Å². The number of phosphoric acid groups is 3. The summed E-state index contributed by atoms with van der Waals surface area (Å²) in [6, 6.07) is 0.924. The van der Waals surface area contributed by atoms with Crippen LogP contribution in [0.2, 0.25) is 0 Å². The van der Waals surface area contributed by atoms with Crippen LogP contribution in [0.15, 0.2) is 21.9 Å². The molecule has 0 fully saturated rings. The zero-order chi connectivity index (χ0) is 26.6. The Morgan fingerprint density at radius 3 is 2.26 bits per heavy atom. The highest BCUT2D eigenvalue weighted by Gasteiger charge is 2.50. The Balaban J connectivity index is 3.24. The summed E-state index contributed by atoms with van der Waals surface area (Å²) in [5, 5.41) is 20.8. The molecule has 0 aliphatic rings. The van der Waals surface area contributed by atoms with Gasteiger partial charge in [-0.05, 0) is 6.92 Å². The summed E-state index contributed by atoms with van der Waals surface area (Å²) in [6.07, 6.45) is 3.90. The maximum Gasteiger partial charge on any atom is 0.490 e. The second-order valence-corrected chi connectivity index (χ2v) is 11.3. The van der Waals surface area contributed by atoms with Crippen LogP contribution < -0.4 is 11.2 Å². The summed E-state index contributed by atoms with van der Waals surface area (Å²) < 4.78 is 51.9. The molecule has 0 radical (unpaired) electrons. The van der Waals surface area contributed by atoms with Gasteiger partial charge in [-0.25, -0.2) is 18.5 Å². The number of aromatic nitrogens is 2. The van der Waals surface area contributed by atoms with Gasteiger partial charge in [-0.15, -0.1) is 18.0 Å². The number of aromatic amines is 1. The zero-order valence-corrected chi connectivity index (χ0v) is 20.4. The lowest BCUT2D eigenvalue weighted by molar-refractivity contribution is -0.193. The molecule has 0 saturated carbocycles. The molecule has 1 aromatic rings. The number of aliphatic hydroxyl groups excluding tert-OH is 1. The second kappa shape index (κ2) is 11.3. The van der Waals surface area contributed by atoms with Gasteiger partial charge in [0.05, 0.1) is 12.5 Å². The van der Waals surface area contributed by atoms with E-state index in [1.54, 1.807) is 5.92 Å². The number of phosphoric ester groups is 1. The van der Waals surface area contributed by atoms with Crippen LogP contribution in [0.4, 0.5) is 0 Å². The first-order chi connectivity index (χ1) is 15.3. The third-order valence-electron chi connectivity index (χ3n) is 3.83. The molecule has 2 unspecified atom stereocenters. The molecule has 5 atom stereocenters. The quantitative estimate of drug-likeness (QED) is 0.0811. The molecule has 0 spiro atoms. The Bertz CT molecular complexity index is 1170. The normalized spacial score (nSPS) is 20.2. The van der Waals surface area contributed by atoms with Crippen molar-refractivity contribution < 1.29 is 61.4 Å². The Morgan fingerprint density at radius 2 is 1.79 bits per heavy atom. The highest BCUT2D eigenvalue weighted by molar-refractivity contribution is 7.66. The molecule has 0 bridgehead atoms. The van der Waals surface area contributed by atoms with Crippen molar-refractivity contribution in [2.45, 2.75) is 31.0 Å². The van der Waals surface area contributed by atoms with Crippen LogP contribution >= 0.6 is 35.1 Å². The number of hydrogen-bond acceptors (Lipinski definition) is 11. The van der Waals surface area contributed by atoms with E-state index in [1.807, 2.05) is 4.98 Å². The third kappa shape index (κ3) is 9.12. The van der Waals surface area contributed by atoms with Gasteiger partial charge in [0.1, 0.15) is 18.4 Å². The van der Waals surface area contributed by atoms with Gasteiger partial charge in [0, 0.05) is 12.3 Å². The lowest BCUT2D eigenvalue weighted by atomic mass is 9.86. The Hall–Kier alpha value is -1.18. The molecule has 0 aromatic carbocycles.